The fraction of sp³-hybridized carbons (Fsp3) is 0.727. The van der Waals surface area contributed by atoms with Gasteiger partial charge in [0.2, 0.25) is 0 Å². The third-order valence-corrected chi connectivity index (χ3v) is 2.73. The number of hydrogen-bond acceptors (Lipinski definition) is 3. The van der Waals surface area contributed by atoms with Gasteiger partial charge in [-0.05, 0) is 12.8 Å². The highest BCUT2D eigenvalue weighted by molar-refractivity contribution is 5.93. The Balaban J connectivity index is 1.83. The lowest BCUT2D eigenvalue weighted by molar-refractivity contribution is -0.124. The van der Waals surface area contributed by atoms with Crippen molar-refractivity contribution >= 4 is 5.91 Å². The Morgan fingerprint density at radius 2 is 1.73 bits per heavy atom. The summed E-state index contributed by atoms with van der Waals surface area (Å²) in [5, 5.41) is 0. The molecule has 2 fully saturated rings. The zero-order valence-electron chi connectivity index (χ0n) is 8.87. The summed E-state index contributed by atoms with van der Waals surface area (Å²) in [5.74, 6) is 2.67. The molecule has 0 bridgehead atoms. The Morgan fingerprint density at radius 1 is 1.07 bits per heavy atom. The van der Waals surface area contributed by atoms with E-state index in [9.17, 15) is 4.79 Å². The Hall–Kier alpha value is -1.21. The lowest BCUT2D eigenvalue weighted by Crippen LogP contribution is -2.33. The molecule has 0 radical (unpaired) electrons. The predicted molar refractivity (Wildman–Crippen MR) is 56.0 cm³/mol. The maximum absolute atomic E-state index is 11.6. The van der Waals surface area contributed by atoms with Crippen molar-refractivity contribution in [1.82, 2.24) is 9.80 Å². The van der Waals surface area contributed by atoms with Gasteiger partial charge in [0.15, 0.2) is 0 Å². The number of amides is 1. The molecule has 15 heavy (non-hydrogen) atoms. The van der Waals surface area contributed by atoms with Crippen LogP contribution in [0.2, 0.25) is 0 Å². The molecule has 2 heterocycles. The van der Waals surface area contributed by atoms with Gasteiger partial charge in [-0.2, -0.15) is 0 Å². The van der Waals surface area contributed by atoms with Crippen LogP contribution in [0.1, 0.15) is 12.8 Å². The van der Waals surface area contributed by atoms with Crippen molar-refractivity contribution in [3.8, 4) is 12.0 Å². The first-order valence-corrected chi connectivity index (χ1v) is 5.49. The number of nitrogens with zero attached hydrogens (tertiary/aromatic N) is 2. The third kappa shape index (κ3) is 2.87. The lowest BCUT2D eigenvalue weighted by atomic mass is 10.4. The number of ether oxygens (including phenoxy) is 1. The number of carbonyl (C=O) groups is 1. The van der Waals surface area contributed by atoms with Gasteiger partial charge in [-0.3, -0.25) is 4.79 Å². The Bertz CT molecular complexity index is 281. The monoisotopic (exact) mass is 208 g/mol. The highest BCUT2D eigenvalue weighted by Gasteiger charge is 2.16. The molecule has 4 heteroatoms. The Kier molecular flexibility index (Phi) is 3.46. The first-order valence-electron chi connectivity index (χ1n) is 5.49. The predicted octanol–water partition coefficient (Wildman–Crippen LogP) is -0.0981. The molecule has 0 aromatic rings. The van der Waals surface area contributed by atoms with Crippen LogP contribution >= 0.6 is 0 Å². The van der Waals surface area contributed by atoms with Crippen LogP contribution in [-0.2, 0) is 9.53 Å². The highest BCUT2D eigenvalue weighted by atomic mass is 16.5. The van der Waals surface area contributed by atoms with Crippen molar-refractivity contribution in [1.29, 1.82) is 0 Å². The minimum absolute atomic E-state index is 0.0287. The number of hydrogen-bond donors (Lipinski definition) is 0. The Morgan fingerprint density at radius 3 is 2.40 bits per heavy atom. The van der Waals surface area contributed by atoms with E-state index in [-0.39, 0.29) is 5.91 Å². The van der Waals surface area contributed by atoms with E-state index in [1.807, 2.05) is 9.80 Å². The van der Waals surface area contributed by atoms with Crippen molar-refractivity contribution in [2.24, 2.45) is 0 Å². The fourth-order valence-corrected chi connectivity index (χ4v) is 1.80. The number of rotatable bonds is 0. The zero-order chi connectivity index (χ0) is 10.5. The maximum atomic E-state index is 11.6. The van der Waals surface area contributed by atoms with E-state index in [2.05, 4.69) is 12.0 Å². The summed E-state index contributed by atoms with van der Waals surface area (Å²) in [7, 11) is 0. The van der Waals surface area contributed by atoms with Crippen molar-refractivity contribution in [2.75, 3.05) is 39.4 Å². The third-order valence-electron chi connectivity index (χ3n) is 2.73. The second-order valence-electron chi connectivity index (χ2n) is 3.84. The van der Waals surface area contributed by atoms with Gasteiger partial charge in [-0.1, -0.05) is 0 Å². The van der Waals surface area contributed by atoms with Crippen molar-refractivity contribution in [3.05, 3.63) is 0 Å². The number of carbonyl (C=O) groups excluding carboxylic acids is 1. The van der Waals surface area contributed by atoms with Crippen LogP contribution in [-0.4, -0.2) is 55.1 Å². The van der Waals surface area contributed by atoms with Gasteiger partial charge in [-0.15, -0.1) is 0 Å². The van der Waals surface area contributed by atoms with Crippen molar-refractivity contribution < 1.29 is 9.53 Å². The summed E-state index contributed by atoms with van der Waals surface area (Å²) in [6, 6.07) is 2.91. The van der Waals surface area contributed by atoms with Crippen LogP contribution in [0.5, 0.6) is 0 Å². The quantitative estimate of drug-likeness (QED) is 0.521. The highest BCUT2D eigenvalue weighted by Crippen LogP contribution is 2.06. The first-order chi connectivity index (χ1) is 7.36. The number of morpholine rings is 1. The van der Waals surface area contributed by atoms with Crippen LogP contribution < -0.4 is 0 Å². The molecule has 0 spiro atoms. The first kappa shape index (κ1) is 10.3. The largest absolute Gasteiger partial charge is 0.378 e. The molecule has 0 atom stereocenters. The van der Waals surface area contributed by atoms with Gasteiger partial charge >= 0.3 is 0 Å². The summed E-state index contributed by atoms with van der Waals surface area (Å²) in [5.41, 5.74) is 0. The minimum Gasteiger partial charge on any atom is -0.378 e. The summed E-state index contributed by atoms with van der Waals surface area (Å²) in [4.78, 5) is 15.4. The van der Waals surface area contributed by atoms with Gasteiger partial charge < -0.3 is 14.5 Å². The van der Waals surface area contributed by atoms with Crippen LogP contribution in [0.4, 0.5) is 0 Å². The van der Waals surface area contributed by atoms with Gasteiger partial charge in [0, 0.05) is 38.1 Å². The molecule has 2 aliphatic heterocycles. The molecular formula is C11H16N2O2. The molecule has 0 aliphatic carbocycles. The molecule has 4 nitrogen and oxygen atoms in total. The van der Waals surface area contributed by atoms with Crippen LogP contribution in [0, 0.1) is 12.0 Å². The van der Waals surface area contributed by atoms with E-state index >= 15 is 0 Å². The van der Waals surface area contributed by atoms with Crippen LogP contribution in [0.25, 0.3) is 0 Å². The second kappa shape index (κ2) is 5.04. The van der Waals surface area contributed by atoms with E-state index in [1.54, 1.807) is 0 Å². The van der Waals surface area contributed by atoms with Gasteiger partial charge in [0.05, 0.1) is 13.2 Å². The van der Waals surface area contributed by atoms with E-state index < -0.39 is 0 Å². The molecule has 0 N–H and O–H groups in total. The van der Waals surface area contributed by atoms with Gasteiger partial charge in [0.1, 0.15) is 0 Å². The fourth-order valence-electron chi connectivity index (χ4n) is 1.80. The topological polar surface area (TPSA) is 32.8 Å². The second-order valence-corrected chi connectivity index (χ2v) is 3.84. The molecule has 2 saturated heterocycles. The summed E-state index contributed by atoms with van der Waals surface area (Å²) in [6.07, 6.45) is 2.23. The Labute approximate surface area is 90.2 Å². The average Bonchev–Trinajstić information content (AvgIpc) is 2.81. The van der Waals surface area contributed by atoms with E-state index in [1.165, 1.54) is 0 Å². The maximum Gasteiger partial charge on any atom is 0.300 e. The summed E-state index contributed by atoms with van der Waals surface area (Å²) < 4.78 is 5.20. The molecule has 0 unspecified atom stereocenters. The smallest absolute Gasteiger partial charge is 0.300 e. The lowest BCUT2D eigenvalue weighted by Gasteiger charge is -2.22. The molecule has 0 saturated carbocycles. The standard InChI is InChI=1S/C11H16N2O2/c14-11(13-4-1-2-5-13)3-6-12-7-9-15-10-8-12/h1-2,4-5,7-10H2. The zero-order valence-corrected chi connectivity index (χ0v) is 8.87. The van der Waals surface area contributed by atoms with Crippen molar-refractivity contribution in [2.45, 2.75) is 12.8 Å². The average molecular weight is 208 g/mol. The van der Waals surface area contributed by atoms with Gasteiger partial charge in [0.25, 0.3) is 5.91 Å². The molecule has 82 valence electrons. The molecular weight excluding hydrogens is 192 g/mol. The molecule has 0 aromatic carbocycles. The normalized spacial score (nSPS) is 21.1. The molecule has 1 amide bonds. The van der Waals surface area contributed by atoms with Crippen molar-refractivity contribution in [3.63, 3.8) is 0 Å². The molecule has 0 aromatic heterocycles. The van der Waals surface area contributed by atoms with E-state index in [4.69, 9.17) is 4.74 Å². The minimum atomic E-state index is -0.0287. The summed E-state index contributed by atoms with van der Waals surface area (Å²) >= 11 is 0. The summed E-state index contributed by atoms with van der Waals surface area (Å²) in [6.45, 7) is 4.78. The van der Waals surface area contributed by atoms with E-state index in [0.717, 1.165) is 39.0 Å². The van der Waals surface area contributed by atoms with E-state index in [0.29, 0.717) is 13.2 Å². The number of likely N-dealkylation sites (tertiary alicyclic amines) is 1. The SMILES string of the molecule is O=C(C#CN1CCOCC1)N1CCCC1. The molecule has 2 rings (SSSR count). The van der Waals surface area contributed by atoms with Gasteiger partial charge in [-0.25, -0.2) is 0 Å². The van der Waals surface area contributed by atoms with Crippen LogP contribution in [0.3, 0.4) is 0 Å². The molecule has 2 aliphatic rings. The van der Waals surface area contributed by atoms with Crippen LogP contribution in [0.15, 0.2) is 0 Å².